The molecule has 1 aromatic carbocycles. The zero-order valence-electron chi connectivity index (χ0n) is 9.09. The van der Waals surface area contributed by atoms with E-state index in [0.717, 1.165) is 3.57 Å². The quantitative estimate of drug-likeness (QED) is 0.845. The Morgan fingerprint density at radius 1 is 1.62 bits per heavy atom. The van der Waals surface area contributed by atoms with Crippen molar-refractivity contribution in [2.24, 2.45) is 0 Å². The fraction of sp³-hybridized carbons (Fsp3) is 0.364. The summed E-state index contributed by atoms with van der Waals surface area (Å²) in [5.74, 6) is -0.137. The molecule has 0 aliphatic rings. The molecular formula is C11H13ClINO2. The summed E-state index contributed by atoms with van der Waals surface area (Å²) in [6.07, 6.45) is 0.00303. The number of nitrogens with one attached hydrogen (secondary N) is 1. The van der Waals surface area contributed by atoms with E-state index in [1.54, 1.807) is 19.2 Å². The van der Waals surface area contributed by atoms with Gasteiger partial charge in [-0.05, 0) is 47.7 Å². The van der Waals surface area contributed by atoms with E-state index in [1.807, 2.05) is 13.0 Å². The molecular weight excluding hydrogens is 340 g/mol. The highest BCUT2D eigenvalue weighted by atomic mass is 127. The molecule has 0 heterocycles. The zero-order chi connectivity index (χ0) is 12.1. The predicted molar refractivity (Wildman–Crippen MR) is 73.0 cm³/mol. The Labute approximate surface area is 114 Å². The van der Waals surface area contributed by atoms with Crippen molar-refractivity contribution in [3.8, 4) is 0 Å². The standard InChI is InChI=1S/C11H13ClINO2/c1-7(16-2)6-14-11(15)8-3-4-10(13)9(12)5-8/h3-5,7H,6H2,1-2H3,(H,14,15). The van der Waals surface area contributed by atoms with Crippen LogP contribution in [0.15, 0.2) is 18.2 Å². The van der Waals surface area contributed by atoms with E-state index in [-0.39, 0.29) is 12.0 Å². The molecule has 0 aliphatic heterocycles. The summed E-state index contributed by atoms with van der Waals surface area (Å²) in [4.78, 5) is 11.7. The van der Waals surface area contributed by atoms with E-state index in [2.05, 4.69) is 27.9 Å². The first kappa shape index (κ1) is 13.7. The van der Waals surface area contributed by atoms with Gasteiger partial charge in [0.25, 0.3) is 5.91 Å². The molecule has 1 aromatic rings. The number of amides is 1. The number of halogens is 2. The van der Waals surface area contributed by atoms with Gasteiger partial charge in [-0.3, -0.25) is 4.79 Å². The highest BCUT2D eigenvalue weighted by molar-refractivity contribution is 14.1. The molecule has 1 unspecified atom stereocenters. The highest BCUT2D eigenvalue weighted by Gasteiger charge is 2.08. The lowest BCUT2D eigenvalue weighted by Gasteiger charge is -2.11. The summed E-state index contributed by atoms with van der Waals surface area (Å²) in [5, 5.41) is 3.36. The van der Waals surface area contributed by atoms with Gasteiger partial charge in [-0.15, -0.1) is 0 Å². The Balaban J connectivity index is 2.63. The smallest absolute Gasteiger partial charge is 0.251 e. The summed E-state index contributed by atoms with van der Waals surface area (Å²) in [5.41, 5.74) is 0.564. The summed E-state index contributed by atoms with van der Waals surface area (Å²) < 4.78 is 5.97. The lowest BCUT2D eigenvalue weighted by atomic mass is 10.2. The second kappa shape index (κ2) is 6.42. The van der Waals surface area contributed by atoms with Crippen molar-refractivity contribution in [1.29, 1.82) is 0 Å². The third-order valence-corrected chi connectivity index (χ3v) is 3.71. The van der Waals surface area contributed by atoms with E-state index < -0.39 is 0 Å². The molecule has 1 atom stereocenters. The molecule has 16 heavy (non-hydrogen) atoms. The van der Waals surface area contributed by atoms with Crippen LogP contribution < -0.4 is 5.32 Å². The van der Waals surface area contributed by atoms with Crippen LogP contribution in [-0.4, -0.2) is 25.7 Å². The minimum absolute atomic E-state index is 0.00303. The first-order chi connectivity index (χ1) is 7.54. The van der Waals surface area contributed by atoms with E-state index in [1.165, 1.54) is 0 Å². The fourth-order valence-corrected chi connectivity index (χ4v) is 1.58. The zero-order valence-corrected chi connectivity index (χ0v) is 12.0. The Bertz CT molecular complexity index is 384. The fourth-order valence-electron chi connectivity index (χ4n) is 1.06. The number of hydrogen-bond acceptors (Lipinski definition) is 2. The molecule has 88 valence electrons. The van der Waals surface area contributed by atoms with Crippen molar-refractivity contribution >= 4 is 40.1 Å². The van der Waals surface area contributed by atoms with E-state index in [0.29, 0.717) is 17.1 Å². The van der Waals surface area contributed by atoms with E-state index in [4.69, 9.17) is 16.3 Å². The number of benzene rings is 1. The van der Waals surface area contributed by atoms with Crippen LogP contribution >= 0.6 is 34.2 Å². The second-order valence-electron chi connectivity index (χ2n) is 3.39. The Morgan fingerprint density at radius 3 is 2.88 bits per heavy atom. The first-order valence-electron chi connectivity index (χ1n) is 4.80. The van der Waals surface area contributed by atoms with Crippen LogP contribution in [0.5, 0.6) is 0 Å². The number of carbonyl (C=O) groups excluding carboxylic acids is 1. The molecule has 0 saturated heterocycles. The molecule has 1 rings (SSSR count). The number of ether oxygens (including phenoxy) is 1. The van der Waals surface area contributed by atoms with Crippen LogP contribution in [0.2, 0.25) is 5.02 Å². The van der Waals surface area contributed by atoms with Gasteiger partial charge in [0.2, 0.25) is 0 Å². The summed E-state index contributed by atoms with van der Waals surface area (Å²) in [7, 11) is 1.61. The summed E-state index contributed by atoms with van der Waals surface area (Å²) in [6.45, 7) is 2.38. The van der Waals surface area contributed by atoms with Gasteiger partial charge < -0.3 is 10.1 Å². The number of methoxy groups -OCH3 is 1. The van der Waals surface area contributed by atoms with Gasteiger partial charge >= 0.3 is 0 Å². The van der Waals surface area contributed by atoms with E-state index >= 15 is 0 Å². The second-order valence-corrected chi connectivity index (χ2v) is 4.95. The summed E-state index contributed by atoms with van der Waals surface area (Å²) >= 11 is 8.05. The molecule has 0 radical (unpaired) electrons. The molecule has 3 nitrogen and oxygen atoms in total. The largest absolute Gasteiger partial charge is 0.380 e. The molecule has 0 aromatic heterocycles. The minimum Gasteiger partial charge on any atom is -0.380 e. The lowest BCUT2D eigenvalue weighted by molar-refractivity contribution is 0.0870. The maximum absolute atomic E-state index is 11.7. The molecule has 0 fully saturated rings. The maximum Gasteiger partial charge on any atom is 0.251 e. The average Bonchev–Trinajstić information content (AvgIpc) is 2.29. The van der Waals surface area contributed by atoms with Crippen molar-refractivity contribution < 1.29 is 9.53 Å². The molecule has 1 amide bonds. The van der Waals surface area contributed by atoms with Gasteiger partial charge in [0.15, 0.2) is 0 Å². The number of carbonyl (C=O) groups is 1. The van der Waals surface area contributed by atoms with Crippen molar-refractivity contribution in [3.63, 3.8) is 0 Å². The molecule has 0 aliphatic carbocycles. The van der Waals surface area contributed by atoms with Crippen molar-refractivity contribution in [2.75, 3.05) is 13.7 Å². The highest BCUT2D eigenvalue weighted by Crippen LogP contribution is 2.19. The summed E-state index contributed by atoms with van der Waals surface area (Å²) in [6, 6.07) is 5.23. The molecule has 0 spiro atoms. The van der Waals surface area contributed by atoms with Crippen LogP contribution in [0.1, 0.15) is 17.3 Å². The van der Waals surface area contributed by atoms with Gasteiger partial charge in [-0.25, -0.2) is 0 Å². The van der Waals surface area contributed by atoms with Gasteiger partial charge in [-0.1, -0.05) is 11.6 Å². The minimum atomic E-state index is -0.137. The third-order valence-electron chi connectivity index (χ3n) is 2.13. The molecule has 0 bridgehead atoms. The molecule has 5 heteroatoms. The normalized spacial score (nSPS) is 12.2. The van der Waals surface area contributed by atoms with Crippen molar-refractivity contribution in [3.05, 3.63) is 32.4 Å². The van der Waals surface area contributed by atoms with Gasteiger partial charge in [0.05, 0.1) is 11.1 Å². The molecule has 0 saturated carbocycles. The third kappa shape index (κ3) is 3.92. The predicted octanol–water partition coefficient (Wildman–Crippen LogP) is 2.71. The van der Waals surface area contributed by atoms with Crippen LogP contribution in [0.4, 0.5) is 0 Å². The Morgan fingerprint density at radius 2 is 2.31 bits per heavy atom. The van der Waals surface area contributed by atoms with Gasteiger partial charge in [-0.2, -0.15) is 0 Å². The first-order valence-corrected chi connectivity index (χ1v) is 6.26. The number of hydrogen-bond donors (Lipinski definition) is 1. The van der Waals surface area contributed by atoms with Crippen LogP contribution in [0.3, 0.4) is 0 Å². The van der Waals surface area contributed by atoms with Gasteiger partial charge in [0, 0.05) is 22.8 Å². The Hall–Kier alpha value is -0.330. The van der Waals surface area contributed by atoms with Crippen molar-refractivity contribution in [2.45, 2.75) is 13.0 Å². The maximum atomic E-state index is 11.7. The molecule has 1 N–H and O–H groups in total. The topological polar surface area (TPSA) is 38.3 Å². The van der Waals surface area contributed by atoms with Crippen LogP contribution in [-0.2, 0) is 4.74 Å². The van der Waals surface area contributed by atoms with Crippen molar-refractivity contribution in [1.82, 2.24) is 5.32 Å². The SMILES string of the molecule is COC(C)CNC(=O)c1ccc(I)c(Cl)c1. The van der Waals surface area contributed by atoms with Crippen LogP contribution in [0, 0.1) is 3.57 Å². The monoisotopic (exact) mass is 353 g/mol. The number of rotatable bonds is 4. The van der Waals surface area contributed by atoms with E-state index in [9.17, 15) is 4.79 Å². The lowest BCUT2D eigenvalue weighted by Crippen LogP contribution is -2.31. The Kier molecular flexibility index (Phi) is 5.51. The average molecular weight is 354 g/mol. The van der Waals surface area contributed by atoms with Gasteiger partial charge in [0.1, 0.15) is 0 Å². The van der Waals surface area contributed by atoms with Crippen LogP contribution in [0.25, 0.3) is 0 Å².